The molecule has 49 heavy (non-hydrogen) atoms. The van der Waals surface area contributed by atoms with E-state index >= 15 is 0 Å². The van der Waals surface area contributed by atoms with Crippen molar-refractivity contribution in [2.24, 2.45) is 5.92 Å². The van der Waals surface area contributed by atoms with Crippen LogP contribution in [0.25, 0.3) is 0 Å². The van der Waals surface area contributed by atoms with Crippen LogP contribution in [-0.4, -0.2) is 51.0 Å². The van der Waals surface area contributed by atoms with Crippen molar-refractivity contribution in [2.75, 3.05) is 20.8 Å². The van der Waals surface area contributed by atoms with Crippen LogP contribution in [0.5, 0.6) is 28.7 Å². The van der Waals surface area contributed by atoms with E-state index in [9.17, 15) is 0 Å². The predicted molar refractivity (Wildman–Crippen MR) is 216 cm³/mol. The number of hydrogen-bond acceptors (Lipinski definition) is 8. The van der Waals surface area contributed by atoms with Gasteiger partial charge >= 0.3 is 5.24 Å². The van der Waals surface area contributed by atoms with Gasteiger partial charge in [0.15, 0.2) is 19.8 Å². The van der Waals surface area contributed by atoms with E-state index in [1.54, 1.807) is 20.3 Å². The zero-order valence-electron chi connectivity index (χ0n) is 33.4. The molecule has 0 amide bonds. The molecular weight excluding hydrogens is 685 g/mol. The highest BCUT2D eigenvalue weighted by Gasteiger charge is 2.43. The average Bonchev–Trinajstić information content (AvgIpc) is 2.95. The van der Waals surface area contributed by atoms with E-state index < -0.39 is 25.0 Å². The number of methoxy groups -OCH3 is 2. The maximum atomic E-state index is 7.08. The maximum Gasteiger partial charge on any atom is 0.357 e. The molecular formula is C38H64O7SSi3. The molecule has 7 nitrogen and oxygen atoms in total. The Morgan fingerprint density at radius 3 is 1.57 bits per heavy atom. The Morgan fingerprint density at radius 2 is 1.14 bits per heavy atom. The Hall–Kier alpha value is -2.32. The lowest BCUT2D eigenvalue weighted by Gasteiger charge is -2.41. The third-order valence-electron chi connectivity index (χ3n) is 10.5. The molecule has 276 valence electrons. The Morgan fingerprint density at radius 1 is 0.694 bits per heavy atom. The van der Waals surface area contributed by atoms with Crippen LogP contribution in [0.3, 0.4) is 0 Å². The third-order valence-corrected chi connectivity index (χ3v) is 23.9. The molecule has 0 N–H and O–H groups in total. The fraction of sp³-hybridized carbons (Fsp3) is 0.605. The van der Waals surface area contributed by atoms with Crippen molar-refractivity contribution in [1.29, 1.82) is 0 Å². The minimum Gasteiger partial charge on any atom is -0.541 e. The second-order valence-electron chi connectivity index (χ2n) is 17.3. The summed E-state index contributed by atoms with van der Waals surface area (Å²) in [7, 11) is -3.13. The van der Waals surface area contributed by atoms with Gasteiger partial charge in [0.1, 0.15) is 23.9 Å². The molecule has 2 atom stereocenters. The minimum absolute atomic E-state index is 0.00579. The number of rotatable bonds is 14. The van der Waals surface area contributed by atoms with Crippen LogP contribution >= 0.6 is 12.2 Å². The van der Waals surface area contributed by atoms with Gasteiger partial charge in [0.2, 0.25) is 0 Å². The Labute approximate surface area is 306 Å². The highest BCUT2D eigenvalue weighted by atomic mass is 32.1. The standard InChI is InChI=1S/C38H64O7SSi3/c1-19-27(26-41-35(46)42-29-21-23-31(33(25-29)40-12)44-48(15,16)37(5,6)7)34(45-49(17,18)38(8,9)10)28-20-22-30(32(24-28)39-11)43-47(13,14)36(2,3)4/h19-25,27,34H,1,26H2,2-18H3/t27-,34+/m1/s1. The SMILES string of the molecule is C=C[C@H](COC(=S)Oc1ccc(O[Si](C)(C)C(C)(C)C)c(OC)c1)[C@H](O[Si](C)(C)C(C)(C)C)c1ccc(O[Si](C)(C)C(C)(C)C)c(OC)c1. The summed E-state index contributed by atoms with van der Waals surface area (Å²) < 4.78 is 43.8. The van der Waals surface area contributed by atoms with Crippen LogP contribution in [0.4, 0.5) is 0 Å². The van der Waals surface area contributed by atoms with Gasteiger partial charge in [-0.2, -0.15) is 0 Å². The zero-order chi connectivity index (χ0) is 37.8. The van der Waals surface area contributed by atoms with Crippen molar-refractivity contribution in [2.45, 2.75) is 123 Å². The van der Waals surface area contributed by atoms with Crippen molar-refractivity contribution in [3.8, 4) is 28.7 Å². The molecule has 0 aliphatic heterocycles. The van der Waals surface area contributed by atoms with E-state index in [-0.39, 0.29) is 39.0 Å². The summed E-state index contributed by atoms with van der Waals surface area (Å²) in [6.45, 7) is 37.7. The molecule has 0 radical (unpaired) electrons. The summed E-state index contributed by atoms with van der Waals surface area (Å²) >= 11 is 5.55. The number of hydrogen-bond donors (Lipinski definition) is 0. The summed E-state index contributed by atoms with van der Waals surface area (Å²) in [5.74, 6) is 2.91. The van der Waals surface area contributed by atoms with Gasteiger partial charge in [-0.25, -0.2) is 0 Å². The first-order valence-corrected chi connectivity index (χ1v) is 26.2. The number of thiocarbonyl (C=S) groups is 1. The molecule has 0 heterocycles. The molecule has 0 unspecified atom stereocenters. The van der Waals surface area contributed by atoms with Crippen LogP contribution in [0, 0.1) is 5.92 Å². The second-order valence-corrected chi connectivity index (χ2v) is 31.8. The number of benzene rings is 2. The van der Waals surface area contributed by atoms with Crippen LogP contribution in [0.1, 0.15) is 74.0 Å². The summed E-state index contributed by atoms with van der Waals surface area (Å²) in [5, 5.41) is 0.0591. The molecule has 2 aromatic rings. The van der Waals surface area contributed by atoms with Crippen molar-refractivity contribution in [1.82, 2.24) is 0 Å². The summed E-state index contributed by atoms with van der Waals surface area (Å²) in [6.07, 6.45) is 1.49. The Kier molecular flexibility index (Phi) is 13.9. The molecule has 0 aromatic heterocycles. The van der Waals surface area contributed by atoms with Gasteiger partial charge in [0.25, 0.3) is 16.6 Å². The summed E-state index contributed by atoms with van der Waals surface area (Å²) in [6, 6.07) is 11.5. The first-order chi connectivity index (χ1) is 22.2. The fourth-order valence-corrected chi connectivity index (χ4v) is 7.58. The Balaban J connectivity index is 2.37. The van der Waals surface area contributed by atoms with Gasteiger partial charge < -0.3 is 32.2 Å². The van der Waals surface area contributed by atoms with Gasteiger partial charge in [-0.1, -0.05) is 74.5 Å². The molecule has 2 aromatic carbocycles. The minimum atomic E-state index is -2.25. The van der Waals surface area contributed by atoms with Gasteiger partial charge in [-0.05, 0) is 84.2 Å². The quantitative estimate of drug-likeness (QED) is 0.107. The molecule has 0 aliphatic carbocycles. The molecule has 0 saturated heterocycles. The predicted octanol–water partition coefficient (Wildman–Crippen LogP) is 11.7. The molecule has 11 heteroatoms. The van der Waals surface area contributed by atoms with Crippen molar-refractivity contribution >= 4 is 42.4 Å². The van der Waals surface area contributed by atoms with Crippen LogP contribution < -0.4 is 23.1 Å². The van der Waals surface area contributed by atoms with E-state index in [1.165, 1.54) is 0 Å². The van der Waals surface area contributed by atoms with E-state index in [2.05, 4.69) is 114 Å². The first-order valence-electron chi connectivity index (χ1n) is 17.1. The van der Waals surface area contributed by atoms with Gasteiger partial charge in [-0.15, -0.1) is 6.58 Å². The van der Waals surface area contributed by atoms with Crippen LogP contribution in [-0.2, 0) is 9.16 Å². The van der Waals surface area contributed by atoms with Crippen LogP contribution in [0.2, 0.25) is 54.4 Å². The van der Waals surface area contributed by atoms with Crippen molar-refractivity contribution in [3.05, 3.63) is 54.6 Å². The average molecular weight is 749 g/mol. The van der Waals surface area contributed by atoms with Gasteiger partial charge in [0.05, 0.1) is 20.3 Å². The van der Waals surface area contributed by atoms with Crippen molar-refractivity contribution in [3.63, 3.8) is 0 Å². The Bertz CT molecular complexity index is 1440. The van der Waals surface area contributed by atoms with Crippen LogP contribution in [0.15, 0.2) is 49.1 Å². The molecule has 0 spiro atoms. The van der Waals surface area contributed by atoms with E-state index in [0.29, 0.717) is 23.0 Å². The number of ether oxygens (including phenoxy) is 4. The maximum absolute atomic E-state index is 7.08. The highest BCUT2D eigenvalue weighted by molar-refractivity contribution is 7.79. The lowest BCUT2D eigenvalue weighted by atomic mass is 9.96. The topological polar surface area (TPSA) is 64.6 Å². The van der Waals surface area contributed by atoms with E-state index in [4.69, 9.17) is 44.4 Å². The molecule has 0 bridgehead atoms. The van der Waals surface area contributed by atoms with E-state index in [1.807, 2.05) is 30.3 Å². The zero-order valence-corrected chi connectivity index (χ0v) is 37.2. The molecule has 0 fully saturated rings. The lowest BCUT2D eigenvalue weighted by Crippen LogP contribution is -2.44. The summed E-state index contributed by atoms with van der Waals surface area (Å²) in [5.41, 5.74) is 0.951. The third kappa shape index (κ3) is 11.1. The molecule has 0 saturated carbocycles. The monoisotopic (exact) mass is 748 g/mol. The summed E-state index contributed by atoms with van der Waals surface area (Å²) in [4.78, 5) is 0. The lowest BCUT2D eigenvalue weighted by molar-refractivity contribution is 0.0967. The van der Waals surface area contributed by atoms with E-state index in [0.717, 1.165) is 11.3 Å². The largest absolute Gasteiger partial charge is 0.541 e. The smallest absolute Gasteiger partial charge is 0.357 e. The highest BCUT2D eigenvalue weighted by Crippen LogP contribution is 2.45. The van der Waals surface area contributed by atoms with Gasteiger partial charge in [0, 0.05) is 24.2 Å². The molecule has 2 rings (SSSR count). The van der Waals surface area contributed by atoms with Gasteiger partial charge in [-0.3, -0.25) is 0 Å². The normalized spacial score (nSPS) is 14.4. The van der Waals surface area contributed by atoms with Crippen molar-refractivity contribution < 1.29 is 32.2 Å². The molecule has 0 aliphatic rings. The fourth-order valence-electron chi connectivity index (χ4n) is 4.06. The second kappa shape index (κ2) is 15.9. The first kappa shape index (κ1) is 42.8.